The van der Waals surface area contributed by atoms with Crippen molar-refractivity contribution >= 4 is 95.9 Å². The summed E-state index contributed by atoms with van der Waals surface area (Å²) >= 11 is 0. The molecular weight excluding hydrogens is 1390 g/mol. The van der Waals surface area contributed by atoms with Gasteiger partial charge in [0.25, 0.3) is 0 Å². The first-order chi connectivity index (χ1) is 54.5. The molecule has 0 amide bonds. The number of anilines is 5. The molecule has 11 heterocycles. The first-order valence-electron chi connectivity index (χ1n) is 36.3. The molecule has 8 aromatic carbocycles. The molecule has 11 aromatic heterocycles. The van der Waals surface area contributed by atoms with Gasteiger partial charge >= 0.3 is 0 Å². The van der Waals surface area contributed by atoms with Gasteiger partial charge in [-0.2, -0.15) is 24.9 Å². The monoisotopic (exact) mass is 1460 g/mol. The summed E-state index contributed by atoms with van der Waals surface area (Å²) in [4.78, 5) is 76.5. The topological polar surface area (TPSA) is 307 Å². The number of aromatic amines is 1. The second kappa shape index (κ2) is 30.8. The SMILES string of the molecule is C[C@H](Nc1nccc(-n2cnc3cc4[nH]cnc4cc32)n1)c1ccccc1.C[C@H](Nc1nccc(-n2cnc3cc4c(cc32)ncn4-c2ccnc(N[C@@H](C)c3ccccc3)n2)n1)c1ccccc1.C[C@H](Nc1nccc(-n2cnc3cc4ncn(-c5ccnc(N[C@@H](C)c6ccccc6)n5)c4cc32)n1)c1ccccc1. The lowest BCUT2D eigenvalue weighted by Crippen LogP contribution is -2.10. The summed E-state index contributed by atoms with van der Waals surface area (Å²) < 4.78 is 9.77. The lowest BCUT2D eigenvalue weighted by atomic mass is 10.1. The van der Waals surface area contributed by atoms with Crippen LogP contribution in [-0.4, -0.2) is 108 Å². The Morgan fingerprint density at radius 1 is 0.243 bits per heavy atom. The van der Waals surface area contributed by atoms with E-state index in [4.69, 9.17) is 19.9 Å². The summed E-state index contributed by atoms with van der Waals surface area (Å²) in [6.07, 6.45) is 19.3. The van der Waals surface area contributed by atoms with Crippen LogP contribution >= 0.6 is 0 Å². The molecule has 19 aromatic rings. The molecule has 27 nitrogen and oxygen atoms in total. The number of imidazole rings is 6. The van der Waals surface area contributed by atoms with Gasteiger partial charge < -0.3 is 31.6 Å². The summed E-state index contributed by atoms with van der Waals surface area (Å²) in [5, 5.41) is 17.0. The molecule has 0 saturated heterocycles. The third-order valence-corrected chi connectivity index (χ3v) is 19.2. The Morgan fingerprint density at radius 3 is 0.748 bits per heavy atom. The lowest BCUT2D eigenvalue weighted by molar-refractivity contribution is 0.853. The molecule has 0 bridgehead atoms. The average Bonchev–Trinajstić information content (AvgIpc) is 1.62. The molecule has 0 fully saturated rings. The van der Waals surface area contributed by atoms with Crippen molar-refractivity contribution < 1.29 is 0 Å². The van der Waals surface area contributed by atoms with Gasteiger partial charge in [0.1, 0.15) is 60.7 Å². The number of benzene rings is 8. The minimum absolute atomic E-state index is 0.0536. The Bertz CT molecular complexity index is 6110. The van der Waals surface area contributed by atoms with E-state index >= 15 is 0 Å². The molecule has 544 valence electrons. The molecule has 0 radical (unpaired) electrons. The molecule has 0 aliphatic carbocycles. The number of aromatic nitrogens is 22. The van der Waals surface area contributed by atoms with E-state index in [1.54, 1.807) is 68.9 Å². The molecule has 0 saturated carbocycles. The molecule has 0 unspecified atom stereocenters. The quantitative estimate of drug-likeness (QED) is 0.0413. The maximum Gasteiger partial charge on any atom is 0.225 e. The average molecular weight is 1460 g/mol. The van der Waals surface area contributed by atoms with Gasteiger partial charge in [-0.25, -0.2) is 54.8 Å². The summed E-state index contributed by atoms with van der Waals surface area (Å²) in [5.74, 6) is 6.37. The van der Waals surface area contributed by atoms with Crippen molar-refractivity contribution in [3.8, 4) is 29.1 Å². The third-order valence-electron chi connectivity index (χ3n) is 19.2. The minimum atomic E-state index is 0.0536. The predicted molar refractivity (Wildman–Crippen MR) is 432 cm³/mol. The smallest absolute Gasteiger partial charge is 0.225 e. The normalized spacial score (nSPS) is 12.7. The first-order valence-corrected chi connectivity index (χ1v) is 36.3. The number of H-pyrrole nitrogens is 1. The molecule has 6 N–H and O–H groups in total. The predicted octanol–water partition coefficient (Wildman–Crippen LogP) is 16.4. The highest BCUT2D eigenvalue weighted by Crippen LogP contribution is 2.31. The number of rotatable bonds is 20. The van der Waals surface area contributed by atoms with Crippen molar-refractivity contribution in [1.82, 2.24) is 108 Å². The Labute approximate surface area is 635 Å². The second-order valence-corrected chi connectivity index (χ2v) is 26.6. The van der Waals surface area contributed by atoms with Gasteiger partial charge in [0.15, 0.2) is 0 Å². The van der Waals surface area contributed by atoms with E-state index in [1.807, 2.05) is 174 Å². The van der Waals surface area contributed by atoms with Crippen LogP contribution in [-0.2, 0) is 0 Å². The fourth-order valence-electron chi connectivity index (χ4n) is 13.2. The van der Waals surface area contributed by atoms with Gasteiger partial charge in [-0.1, -0.05) is 152 Å². The van der Waals surface area contributed by atoms with Gasteiger partial charge in [-0.3, -0.25) is 22.8 Å². The number of hydrogen-bond acceptors (Lipinski definition) is 21. The van der Waals surface area contributed by atoms with Crippen molar-refractivity contribution in [3.05, 3.63) is 315 Å². The molecule has 27 heteroatoms. The van der Waals surface area contributed by atoms with Crippen molar-refractivity contribution in [2.45, 2.75) is 64.8 Å². The maximum atomic E-state index is 4.79. The van der Waals surface area contributed by atoms with Gasteiger partial charge in [-0.05, 0) is 129 Å². The van der Waals surface area contributed by atoms with E-state index in [1.165, 1.54) is 5.56 Å². The number of fused-ring (bicyclic) bond motifs is 6. The third kappa shape index (κ3) is 15.0. The van der Waals surface area contributed by atoms with E-state index < -0.39 is 0 Å². The molecule has 111 heavy (non-hydrogen) atoms. The van der Waals surface area contributed by atoms with Crippen LogP contribution in [0.5, 0.6) is 0 Å². The van der Waals surface area contributed by atoms with Crippen LogP contribution in [0, 0.1) is 0 Å². The molecule has 0 spiro atoms. The highest BCUT2D eigenvalue weighted by molar-refractivity contribution is 5.95. The zero-order valence-corrected chi connectivity index (χ0v) is 60.9. The standard InChI is InChI=1S/2C32H28N10.C20H17N7/c1-21(23-9-5-3-6-10-23)37-31-33-15-13-29(39-31)41-19-35-25-18-28-26(17-27(25)41)36-20-42(28)30-14-16-34-32(40-30)38-22(2)24-11-7-4-8-12-24;1-21(23-9-5-3-6-10-23)37-31-33-15-13-29(39-31)41-19-35-25-17-26-28(18-27(25)41)42(20-36-26)30-14-16-34-32(40-30)38-22(2)24-11-7-4-8-12-24;1-13(14-5-3-2-4-6-14)25-20-21-8-7-19(26-20)27-12-24-17-9-15-16(10-18(17)27)23-11-22-15/h2*3-22H,1-2H3,(H,33,37,39)(H,34,38,40);2-13H,1H3,(H,22,23)(H,21,25,26)/t2*21-,22-;13-/m000/s1. The number of nitrogens with zero attached hydrogens (tertiary/aromatic N) is 21. The Balaban J connectivity index is 0.000000124. The number of nitrogens with one attached hydrogen (secondary N) is 6. The van der Waals surface area contributed by atoms with Crippen molar-refractivity contribution in [2.24, 2.45) is 0 Å². The fraction of sp³-hybridized carbons (Fsp3) is 0.119. The maximum absolute atomic E-state index is 4.79. The van der Waals surface area contributed by atoms with E-state index in [0.29, 0.717) is 53.0 Å². The van der Waals surface area contributed by atoms with Crippen LogP contribution in [0.3, 0.4) is 0 Å². The van der Waals surface area contributed by atoms with Crippen molar-refractivity contribution in [1.29, 1.82) is 0 Å². The molecule has 0 aliphatic heterocycles. The molecule has 5 atom stereocenters. The van der Waals surface area contributed by atoms with Crippen LogP contribution in [0.1, 0.15) is 92.6 Å². The Kier molecular flexibility index (Phi) is 19.2. The zero-order valence-electron chi connectivity index (χ0n) is 60.9. The van der Waals surface area contributed by atoms with Crippen molar-refractivity contribution in [3.63, 3.8) is 0 Å². The van der Waals surface area contributed by atoms with Crippen LogP contribution in [0.15, 0.2) is 287 Å². The van der Waals surface area contributed by atoms with Crippen molar-refractivity contribution in [2.75, 3.05) is 26.6 Å². The Hall–Kier alpha value is -15.0. The van der Waals surface area contributed by atoms with Gasteiger partial charge in [-0.15, -0.1) is 0 Å². The Morgan fingerprint density at radius 2 is 0.477 bits per heavy atom. The molecular formula is C84H73N27. The summed E-state index contributed by atoms with van der Waals surface area (Å²) in [6, 6.07) is 72.9. The van der Waals surface area contributed by atoms with Gasteiger partial charge in [0, 0.05) is 31.0 Å². The zero-order chi connectivity index (χ0) is 75.2. The van der Waals surface area contributed by atoms with E-state index in [2.05, 4.69) is 193 Å². The first kappa shape index (κ1) is 69.1. The second-order valence-electron chi connectivity index (χ2n) is 26.6. The van der Waals surface area contributed by atoms with Crippen LogP contribution in [0.2, 0.25) is 0 Å². The summed E-state index contributed by atoms with van der Waals surface area (Å²) in [6.45, 7) is 10.4. The highest BCUT2D eigenvalue weighted by atomic mass is 15.2. The largest absolute Gasteiger partial charge is 0.348 e. The molecule has 19 rings (SSSR count). The van der Waals surface area contributed by atoms with Crippen LogP contribution in [0.4, 0.5) is 29.7 Å². The van der Waals surface area contributed by atoms with E-state index in [9.17, 15) is 0 Å². The number of hydrogen-bond donors (Lipinski definition) is 6. The van der Waals surface area contributed by atoms with Crippen LogP contribution in [0.25, 0.3) is 95.3 Å². The van der Waals surface area contributed by atoms with Gasteiger partial charge in [0.2, 0.25) is 29.7 Å². The fourth-order valence-corrected chi connectivity index (χ4v) is 13.2. The van der Waals surface area contributed by atoms with E-state index in [0.717, 1.165) is 94.3 Å². The summed E-state index contributed by atoms with van der Waals surface area (Å²) in [7, 11) is 0. The minimum Gasteiger partial charge on any atom is -0.348 e. The van der Waals surface area contributed by atoms with Gasteiger partial charge in [0.05, 0.1) is 103 Å². The summed E-state index contributed by atoms with van der Waals surface area (Å²) in [5.41, 5.74) is 16.4. The molecule has 0 aliphatic rings. The highest BCUT2D eigenvalue weighted by Gasteiger charge is 2.20. The van der Waals surface area contributed by atoms with Crippen LogP contribution < -0.4 is 26.6 Å². The van der Waals surface area contributed by atoms with E-state index in [-0.39, 0.29) is 30.2 Å². The lowest BCUT2D eigenvalue weighted by Gasteiger charge is -2.15.